The SMILES string of the molecule is CC1(C)OB(c2cc(F)cc(C=O)n2)OC1(C)C. The van der Waals surface area contributed by atoms with Gasteiger partial charge in [0.15, 0.2) is 6.29 Å². The van der Waals surface area contributed by atoms with Crippen molar-refractivity contribution in [2.24, 2.45) is 0 Å². The second-order valence-electron chi connectivity index (χ2n) is 5.34. The summed E-state index contributed by atoms with van der Waals surface area (Å²) in [5.74, 6) is -0.531. The first-order valence-electron chi connectivity index (χ1n) is 5.73. The molecule has 0 amide bonds. The molecule has 18 heavy (non-hydrogen) atoms. The van der Waals surface area contributed by atoms with Crippen LogP contribution in [0.3, 0.4) is 0 Å². The molecule has 1 aromatic heterocycles. The average molecular weight is 251 g/mol. The Morgan fingerprint density at radius 3 is 2.28 bits per heavy atom. The van der Waals surface area contributed by atoms with Crippen molar-refractivity contribution in [3.8, 4) is 0 Å². The van der Waals surface area contributed by atoms with Crippen LogP contribution in [0.1, 0.15) is 38.2 Å². The smallest absolute Gasteiger partial charge is 0.398 e. The third-order valence-electron chi connectivity index (χ3n) is 3.45. The van der Waals surface area contributed by atoms with Gasteiger partial charge in [-0.3, -0.25) is 9.78 Å². The maximum absolute atomic E-state index is 13.3. The first-order chi connectivity index (χ1) is 8.25. The Bertz CT molecular complexity index is 474. The number of hydrogen-bond donors (Lipinski definition) is 0. The molecule has 1 aliphatic rings. The number of halogens is 1. The Balaban J connectivity index is 2.35. The van der Waals surface area contributed by atoms with Crippen LogP contribution >= 0.6 is 0 Å². The minimum Gasteiger partial charge on any atom is -0.398 e. The van der Waals surface area contributed by atoms with E-state index in [2.05, 4.69) is 4.98 Å². The molecule has 1 aliphatic heterocycles. The Morgan fingerprint density at radius 2 is 1.78 bits per heavy atom. The molecule has 4 nitrogen and oxygen atoms in total. The second-order valence-corrected chi connectivity index (χ2v) is 5.34. The van der Waals surface area contributed by atoms with Crippen molar-refractivity contribution in [1.29, 1.82) is 0 Å². The van der Waals surface area contributed by atoms with E-state index in [0.29, 0.717) is 6.29 Å². The topological polar surface area (TPSA) is 48.4 Å². The molecule has 0 unspecified atom stereocenters. The Hall–Kier alpha value is -1.27. The molecule has 0 aromatic carbocycles. The lowest BCUT2D eigenvalue weighted by Crippen LogP contribution is -2.41. The number of pyridine rings is 1. The lowest BCUT2D eigenvalue weighted by atomic mass is 9.84. The fraction of sp³-hybridized carbons (Fsp3) is 0.500. The maximum Gasteiger partial charge on any atom is 0.514 e. The van der Waals surface area contributed by atoms with E-state index in [1.54, 1.807) is 0 Å². The zero-order chi connectivity index (χ0) is 13.6. The number of rotatable bonds is 2. The highest BCUT2D eigenvalue weighted by Crippen LogP contribution is 2.36. The predicted octanol–water partition coefficient (Wildman–Crippen LogP) is 1.33. The van der Waals surface area contributed by atoms with E-state index in [1.807, 2.05) is 27.7 Å². The minimum absolute atomic E-state index is 0.0275. The van der Waals surface area contributed by atoms with Gasteiger partial charge in [0.1, 0.15) is 11.5 Å². The summed E-state index contributed by atoms with van der Waals surface area (Å²) in [5, 5.41) is 0. The van der Waals surface area contributed by atoms with Gasteiger partial charge in [-0.05, 0) is 33.8 Å². The molecule has 96 valence electrons. The third kappa shape index (κ3) is 2.18. The molecule has 0 spiro atoms. The van der Waals surface area contributed by atoms with E-state index in [1.165, 1.54) is 6.07 Å². The fourth-order valence-electron chi connectivity index (χ4n) is 1.68. The van der Waals surface area contributed by atoms with Crippen molar-refractivity contribution in [2.75, 3.05) is 0 Å². The molecule has 0 radical (unpaired) electrons. The van der Waals surface area contributed by atoms with Gasteiger partial charge in [0, 0.05) is 6.07 Å². The van der Waals surface area contributed by atoms with Crippen LogP contribution in [-0.2, 0) is 9.31 Å². The van der Waals surface area contributed by atoms with Crippen LogP contribution in [-0.4, -0.2) is 29.6 Å². The normalized spacial score (nSPS) is 21.1. The van der Waals surface area contributed by atoms with Crippen LogP contribution in [0.4, 0.5) is 4.39 Å². The molecule has 0 N–H and O–H groups in total. The van der Waals surface area contributed by atoms with E-state index in [-0.39, 0.29) is 11.3 Å². The van der Waals surface area contributed by atoms with Crippen molar-refractivity contribution in [1.82, 2.24) is 4.98 Å². The summed E-state index contributed by atoms with van der Waals surface area (Å²) in [4.78, 5) is 14.7. The summed E-state index contributed by atoms with van der Waals surface area (Å²) >= 11 is 0. The first kappa shape index (κ1) is 13.2. The highest BCUT2D eigenvalue weighted by atomic mass is 19.1. The molecule has 0 bridgehead atoms. The van der Waals surface area contributed by atoms with Crippen LogP contribution in [0.2, 0.25) is 0 Å². The van der Waals surface area contributed by atoms with Gasteiger partial charge in [-0.25, -0.2) is 4.39 Å². The number of carbonyl (C=O) groups is 1. The van der Waals surface area contributed by atoms with Crippen LogP contribution in [0.15, 0.2) is 12.1 Å². The maximum atomic E-state index is 13.3. The molecule has 0 atom stereocenters. The van der Waals surface area contributed by atoms with Gasteiger partial charge in [0.2, 0.25) is 0 Å². The molecule has 1 fully saturated rings. The van der Waals surface area contributed by atoms with Crippen LogP contribution < -0.4 is 5.59 Å². The lowest BCUT2D eigenvalue weighted by Gasteiger charge is -2.32. The molecule has 0 saturated carbocycles. The number of aromatic nitrogens is 1. The molecule has 0 aliphatic carbocycles. The number of nitrogens with zero attached hydrogens (tertiary/aromatic N) is 1. The number of aldehydes is 1. The zero-order valence-corrected chi connectivity index (χ0v) is 10.9. The van der Waals surface area contributed by atoms with Crippen molar-refractivity contribution in [3.05, 3.63) is 23.6 Å². The summed E-state index contributed by atoms with van der Waals surface area (Å²) < 4.78 is 24.8. The van der Waals surface area contributed by atoms with Gasteiger partial charge < -0.3 is 9.31 Å². The minimum atomic E-state index is -0.760. The standard InChI is InChI=1S/C12H15BFNO3/c1-11(2)12(3,4)18-13(17-11)10-6-8(14)5-9(7-16)15-10/h5-7H,1-4H3. The molecule has 2 heterocycles. The van der Waals surface area contributed by atoms with Gasteiger partial charge in [0.25, 0.3) is 0 Å². The first-order valence-corrected chi connectivity index (χ1v) is 5.73. The third-order valence-corrected chi connectivity index (χ3v) is 3.45. The summed E-state index contributed by atoms with van der Waals surface area (Å²) in [6.45, 7) is 7.58. The molecule has 6 heteroatoms. The summed E-state index contributed by atoms with van der Waals surface area (Å²) in [6.07, 6.45) is 0.498. The summed E-state index contributed by atoms with van der Waals surface area (Å²) in [6, 6.07) is 2.29. The van der Waals surface area contributed by atoms with E-state index in [0.717, 1.165) is 6.07 Å². The monoisotopic (exact) mass is 251 g/mol. The van der Waals surface area contributed by atoms with Gasteiger partial charge >= 0.3 is 7.12 Å². The van der Waals surface area contributed by atoms with Crippen molar-refractivity contribution >= 4 is 19.0 Å². The number of hydrogen-bond acceptors (Lipinski definition) is 4. The average Bonchev–Trinajstić information content (AvgIpc) is 2.47. The molecule has 2 rings (SSSR count). The van der Waals surface area contributed by atoms with Gasteiger partial charge in [-0.15, -0.1) is 0 Å². The highest BCUT2D eigenvalue weighted by molar-refractivity contribution is 6.61. The van der Waals surface area contributed by atoms with Crippen molar-refractivity contribution < 1.29 is 18.5 Å². The molecule has 1 saturated heterocycles. The largest absolute Gasteiger partial charge is 0.514 e. The van der Waals surface area contributed by atoms with Gasteiger partial charge in [-0.1, -0.05) is 0 Å². The summed E-state index contributed by atoms with van der Waals surface area (Å²) in [5.41, 5.74) is -0.740. The Labute approximate surface area is 106 Å². The van der Waals surface area contributed by atoms with E-state index < -0.39 is 24.1 Å². The van der Waals surface area contributed by atoms with Crippen LogP contribution in [0, 0.1) is 5.82 Å². The van der Waals surface area contributed by atoms with Crippen LogP contribution in [0.5, 0.6) is 0 Å². The fourth-order valence-corrected chi connectivity index (χ4v) is 1.68. The van der Waals surface area contributed by atoms with Gasteiger partial charge in [-0.2, -0.15) is 0 Å². The summed E-state index contributed by atoms with van der Waals surface area (Å²) in [7, 11) is -0.760. The van der Waals surface area contributed by atoms with E-state index in [9.17, 15) is 9.18 Å². The van der Waals surface area contributed by atoms with Gasteiger partial charge in [0.05, 0.1) is 16.8 Å². The zero-order valence-electron chi connectivity index (χ0n) is 10.9. The Morgan fingerprint density at radius 1 is 1.22 bits per heavy atom. The van der Waals surface area contributed by atoms with E-state index in [4.69, 9.17) is 9.31 Å². The highest BCUT2D eigenvalue weighted by Gasteiger charge is 2.52. The van der Waals surface area contributed by atoms with Crippen LogP contribution in [0.25, 0.3) is 0 Å². The quantitative estimate of drug-likeness (QED) is 0.587. The molecular formula is C12H15BFNO3. The predicted molar refractivity (Wildman–Crippen MR) is 65.3 cm³/mol. The van der Waals surface area contributed by atoms with Crippen molar-refractivity contribution in [2.45, 2.75) is 38.9 Å². The van der Waals surface area contributed by atoms with E-state index >= 15 is 0 Å². The van der Waals surface area contributed by atoms with Crippen molar-refractivity contribution in [3.63, 3.8) is 0 Å². The molecular weight excluding hydrogens is 236 g/mol. The molecule has 1 aromatic rings. The second kappa shape index (κ2) is 4.14. The lowest BCUT2D eigenvalue weighted by molar-refractivity contribution is 0.00578. The number of carbonyl (C=O) groups excluding carboxylic acids is 1. The Kier molecular flexibility index (Phi) is 3.03.